The van der Waals surface area contributed by atoms with Crippen LogP contribution in [0.1, 0.15) is 28.3 Å². The van der Waals surface area contributed by atoms with E-state index in [4.69, 9.17) is 0 Å². The smallest absolute Gasteiger partial charge is 0.274 e. The lowest BCUT2D eigenvalue weighted by Gasteiger charge is -2.11. The molecule has 0 fully saturated rings. The summed E-state index contributed by atoms with van der Waals surface area (Å²) in [5.74, 6) is 1.01. The normalized spacial score (nSPS) is 10.7. The van der Waals surface area contributed by atoms with E-state index in [1.807, 2.05) is 45.3 Å². The van der Waals surface area contributed by atoms with Gasteiger partial charge in [0.15, 0.2) is 0 Å². The first-order valence-corrected chi connectivity index (χ1v) is 8.06. The van der Waals surface area contributed by atoms with E-state index in [9.17, 15) is 4.79 Å². The highest BCUT2D eigenvalue weighted by Gasteiger charge is 2.11. The summed E-state index contributed by atoms with van der Waals surface area (Å²) in [6, 6.07) is 9.35. The Bertz CT molecular complexity index is 682. The Morgan fingerprint density at radius 1 is 1.12 bits per heavy atom. The van der Waals surface area contributed by atoms with Crippen LogP contribution in [0.5, 0.6) is 0 Å². The van der Waals surface area contributed by atoms with Crippen molar-refractivity contribution in [1.82, 2.24) is 14.9 Å². The Hall–Kier alpha value is -2.47. The van der Waals surface area contributed by atoms with Crippen LogP contribution < -0.4 is 10.6 Å². The molecule has 2 N–H and O–H groups in total. The fourth-order valence-electron chi connectivity index (χ4n) is 2.22. The van der Waals surface area contributed by atoms with Crippen LogP contribution in [-0.4, -0.2) is 48.0 Å². The third kappa shape index (κ3) is 5.62. The second-order valence-electron chi connectivity index (χ2n) is 6.09. The molecule has 0 aliphatic rings. The average Bonchev–Trinajstić information content (AvgIpc) is 2.53. The molecule has 6 nitrogen and oxygen atoms in total. The monoisotopic (exact) mass is 327 g/mol. The first-order chi connectivity index (χ1) is 11.4. The molecule has 6 heteroatoms. The highest BCUT2D eigenvalue weighted by Crippen LogP contribution is 2.12. The topological polar surface area (TPSA) is 70.2 Å². The molecule has 0 spiro atoms. The SMILES string of the molecule is Cc1ccc(NC(=O)c2cc(NCCCN(C)C)nc(C)n2)cc1. The standard InChI is InChI=1S/C18H25N5O/c1-13-6-8-15(9-7-13)22-18(24)16-12-17(21-14(2)20-16)19-10-5-11-23(3)4/h6-9,12H,5,10-11H2,1-4H3,(H,22,24)(H,19,20,21). The van der Waals surface area contributed by atoms with Crippen LogP contribution in [0.2, 0.25) is 0 Å². The number of aryl methyl sites for hydroxylation is 2. The number of anilines is 2. The van der Waals surface area contributed by atoms with E-state index in [2.05, 4.69) is 25.5 Å². The van der Waals surface area contributed by atoms with E-state index in [-0.39, 0.29) is 5.91 Å². The third-order valence-corrected chi connectivity index (χ3v) is 3.47. The van der Waals surface area contributed by atoms with Crippen molar-refractivity contribution in [3.8, 4) is 0 Å². The van der Waals surface area contributed by atoms with Gasteiger partial charge in [0.05, 0.1) is 0 Å². The van der Waals surface area contributed by atoms with Gasteiger partial charge in [-0.25, -0.2) is 9.97 Å². The maximum atomic E-state index is 12.4. The molecule has 1 amide bonds. The number of carbonyl (C=O) groups is 1. The number of hydrogen-bond donors (Lipinski definition) is 2. The van der Waals surface area contributed by atoms with E-state index in [0.717, 1.165) is 30.8 Å². The lowest BCUT2D eigenvalue weighted by Crippen LogP contribution is -2.18. The predicted molar refractivity (Wildman–Crippen MR) is 97.6 cm³/mol. The lowest BCUT2D eigenvalue weighted by atomic mass is 10.2. The van der Waals surface area contributed by atoms with Crippen molar-refractivity contribution in [2.24, 2.45) is 0 Å². The summed E-state index contributed by atoms with van der Waals surface area (Å²) >= 11 is 0. The van der Waals surface area contributed by atoms with Crippen LogP contribution in [0, 0.1) is 13.8 Å². The van der Waals surface area contributed by atoms with Crippen molar-refractivity contribution in [3.63, 3.8) is 0 Å². The Balaban J connectivity index is 2.01. The average molecular weight is 327 g/mol. The van der Waals surface area contributed by atoms with Gasteiger partial charge in [-0.05, 0) is 53.0 Å². The van der Waals surface area contributed by atoms with Crippen molar-refractivity contribution < 1.29 is 4.79 Å². The van der Waals surface area contributed by atoms with Crippen molar-refractivity contribution >= 4 is 17.4 Å². The van der Waals surface area contributed by atoms with Gasteiger partial charge in [-0.2, -0.15) is 0 Å². The molecule has 24 heavy (non-hydrogen) atoms. The van der Waals surface area contributed by atoms with Gasteiger partial charge in [0.25, 0.3) is 5.91 Å². The fraction of sp³-hybridized carbons (Fsp3) is 0.389. The first-order valence-electron chi connectivity index (χ1n) is 8.06. The second kappa shape index (κ2) is 8.40. The molecule has 0 atom stereocenters. The zero-order valence-corrected chi connectivity index (χ0v) is 14.8. The molecular formula is C18H25N5O. The summed E-state index contributed by atoms with van der Waals surface area (Å²) in [5, 5.41) is 6.11. The van der Waals surface area contributed by atoms with E-state index in [1.54, 1.807) is 13.0 Å². The molecule has 0 aliphatic heterocycles. The van der Waals surface area contributed by atoms with Crippen LogP contribution in [0.4, 0.5) is 11.5 Å². The van der Waals surface area contributed by atoms with Crippen LogP contribution in [0.25, 0.3) is 0 Å². The molecule has 0 saturated heterocycles. The van der Waals surface area contributed by atoms with E-state index < -0.39 is 0 Å². The maximum absolute atomic E-state index is 12.4. The Morgan fingerprint density at radius 3 is 2.50 bits per heavy atom. The number of rotatable bonds is 7. The number of amides is 1. The quantitative estimate of drug-likeness (QED) is 0.765. The number of nitrogens with zero attached hydrogens (tertiary/aromatic N) is 3. The van der Waals surface area contributed by atoms with Crippen LogP contribution in [0.3, 0.4) is 0 Å². The number of carbonyl (C=O) groups excluding carboxylic acids is 1. The zero-order chi connectivity index (χ0) is 17.5. The first kappa shape index (κ1) is 17.9. The second-order valence-corrected chi connectivity index (χ2v) is 6.09. The minimum absolute atomic E-state index is 0.235. The maximum Gasteiger partial charge on any atom is 0.274 e. The number of hydrogen-bond acceptors (Lipinski definition) is 5. The molecule has 0 bridgehead atoms. The van der Waals surface area contributed by atoms with Gasteiger partial charge in [0, 0.05) is 18.3 Å². The Labute approximate surface area is 143 Å². The highest BCUT2D eigenvalue weighted by molar-refractivity contribution is 6.03. The van der Waals surface area contributed by atoms with Gasteiger partial charge in [-0.3, -0.25) is 4.79 Å². The van der Waals surface area contributed by atoms with E-state index in [1.165, 1.54) is 0 Å². The van der Waals surface area contributed by atoms with Gasteiger partial charge in [0.1, 0.15) is 17.3 Å². The van der Waals surface area contributed by atoms with Gasteiger partial charge >= 0.3 is 0 Å². The highest BCUT2D eigenvalue weighted by atomic mass is 16.1. The molecule has 1 aromatic heterocycles. The van der Waals surface area contributed by atoms with E-state index in [0.29, 0.717) is 17.3 Å². The summed E-state index contributed by atoms with van der Waals surface area (Å²) in [7, 11) is 4.09. The molecule has 128 valence electrons. The molecule has 2 rings (SSSR count). The van der Waals surface area contributed by atoms with Crippen molar-refractivity contribution in [2.45, 2.75) is 20.3 Å². The van der Waals surface area contributed by atoms with E-state index >= 15 is 0 Å². The Morgan fingerprint density at radius 2 is 1.83 bits per heavy atom. The molecule has 1 aromatic carbocycles. The van der Waals surface area contributed by atoms with Gasteiger partial charge in [0.2, 0.25) is 0 Å². The summed E-state index contributed by atoms with van der Waals surface area (Å²) in [6.07, 6.45) is 1.00. The van der Waals surface area contributed by atoms with Gasteiger partial charge in [-0.15, -0.1) is 0 Å². The minimum Gasteiger partial charge on any atom is -0.370 e. The summed E-state index contributed by atoms with van der Waals surface area (Å²) < 4.78 is 0. The largest absolute Gasteiger partial charge is 0.370 e. The molecule has 1 heterocycles. The molecule has 0 unspecified atom stereocenters. The lowest BCUT2D eigenvalue weighted by molar-refractivity contribution is 0.102. The summed E-state index contributed by atoms with van der Waals surface area (Å²) in [6.45, 7) is 5.59. The van der Waals surface area contributed by atoms with Crippen LogP contribution in [-0.2, 0) is 0 Å². The molecule has 2 aromatic rings. The molecule has 0 aliphatic carbocycles. The van der Waals surface area contributed by atoms with Crippen LogP contribution in [0.15, 0.2) is 30.3 Å². The minimum atomic E-state index is -0.235. The fourth-order valence-corrected chi connectivity index (χ4v) is 2.22. The molecule has 0 saturated carbocycles. The molecule has 0 radical (unpaired) electrons. The number of benzene rings is 1. The van der Waals surface area contributed by atoms with Gasteiger partial charge in [-0.1, -0.05) is 17.7 Å². The number of nitrogens with one attached hydrogen (secondary N) is 2. The van der Waals surface area contributed by atoms with Gasteiger partial charge < -0.3 is 15.5 Å². The Kier molecular flexibility index (Phi) is 6.26. The predicted octanol–water partition coefficient (Wildman–Crippen LogP) is 2.71. The third-order valence-electron chi connectivity index (χ3n) is 3.47. The van der Waals surface area contributed by atoms with Crippen LogP contribution >= 0.6 is 0 Å². The molecular weight excluding hydrogens is 302 g/mol. The summed E-state index contributed by atoms with van der Waals surface area (Å²) in [4.78, 5) is 23.1. The number of aromatic nitrogens is 2. The zero-order valence-electron chi connectivity index (χ0n) is 14.8. The van der Waals surface area contributed by atoms with Crippen molar-refractivity contribution in [1.29, 1.82) is 0 Å². The summed E-state index contributed by atoms with van der Waals surface area (Å²) in [5.41, 5.74) is 2.26. The van der Waals surface area contributed by atoms with Crippen molar-refractivity contribution in [3.05, 3.63) is 47.4 Å². The van der Waals surface area contributed by atoms with Crippen molar-refractivity contribution in [2.75, 3.05) is 37.8 Å².